The van der Waals surface area contributed by atoms with E-state index in [-0.39, 0.29) is 24.8 Å². The van der Waals surface area contributed by atoms with Gasteiger partial charge in [0.2, 0.25) is 0 Å². The fourth-order valence-electron chi connectivity index (χ4n) is 2.51. The summed E-state index contributed by atoms with van der Waals surface area (Å²) < 4.78 is 7.41. The zero-order valence-corrected chi connectivity index (χ0v) is 16.2. The molecule has 26 heavy (non-hydrogen) atoms. The molecule has 2 N–H and O–H groups in total. The topological polar surface area (TPSA) is 76.4 Å². The van der Waals surface area contributed by atoms with Crippen LogP contribution in [0.2, 0.25) is 0 Å². The molecule has 0 aliphatic heterocycles. The smallest absolute Gasteiger partial charge is 0.166 e. The van der Waals surface area contributed by atoms with Crippen LogP contribution >= 0.6 is 12.4 Å². The summed E-state index contributed by atoms with van der Waals surface area (Å²) in [5.41, 5.74) is 1.59. The van der Waals surface area contributed by atoms with Gasteiger partial charge in [0.15, 0.2) is 5.78 Å². The Balaban J connectivity index is 0.00000338. The minimum absolute atomic E-state index is 0. The van der Waals surface area contributed by atoms with E-state index in [1.54, 1.807) is 23.0 Å². The first kappa shape index (κ1) is 22.2. The molecule has 1 aromatic carbocycles. The van der Waals surface area contributed by atoms with Gasteiger partial charge in [-0.3, -0.25) is 9.48 Å². The van der Waals surface area contributed by atoms with Crippen LogP contribution in [0.1, 0.15) is 35.7 Å². The number of carbonyl (C=O) groups is 1. The van der Waals surface area contributed by atoms with Crippen molar-refractivity contribution in [2.24, 2.45) is 7.05 Å². The highest BCUT2D eigenvalue weighted by Crippen LogP contribution is 2.20. The van der Waals surface area contributed by atoms with Crippen molar-refractivity contribution in [2.45, 2.75) is 32.3 Å². The lowest BCUT2D eigenvalue weighted by Gasteiger charge is -2.15. The molecule has 0 aliphatic carbocycles. The number of nitrogens with one attached hydrogen (secondary N) is 1. The Kier molecular flexibility index (Phi) is 9.95. The summed E-state index contributed by atoms with van der Waals surface area (Å²) in [6.07, 6.45) is 5.13. The van der Waals surface area contributed by atoms with E-state index in [9.17, 15) is 9.90 Å². The second-order valence-electron chi connectivity index (χ2n) is 6.11. The number of rotatable bonds is 11. The summed E-state index contributed by atoms with van der Waals surface area (Å²) in [6, 6.07) is 7.18. The SMILES string of the molecule is CCCNCC(O)COc1ccccc1C(=O)CCc1cnn(C)c1.Cl. The number of ether oxygens (including phenoxy) is 1. The number of hydrogen-bond acceptors (Lipinski definition) is 5. The number of carbonyl (C=O) groups excluding carboxylic acids is 1. The van der Waals surface area contributed by atoms with Crippen molar-refractivity contribution in [3.05, 3.63) is 47.8 Å². The molecule has 7 heteroatoms. The lowest BCUT2D eigenvalue weighted by Crippen LogP contribution is -2.32. The molecule has 144 valence electrons. The van der Waals surface area contributed by atoms with Crippen LogP contribution in [0, 0.1) is 0 Å². The lowest BCUT2D eigenvalue weighted by molar-refractivity contribution is 0.0950. The standard InChI is InChI=1S/C19H27N3O3.ClH/c1-3-10-20-12-16(23)14-25-19-7-5-4-6-17(19)18(24)9-8-15-11-21-22(2)13-15;/h4-7,11,13,16,20,23H,3,8-10,12,14H2,1-2H3;1H. The van der Waals surface area contributed by atoms with Gasteiger partial charge in [0.25, 0.3) is 0 Å². The molecule has 0 saturated heterocycles. The van der Waals surface area contributed by atoms with E-state index in [0.717, 1.165) is 18.5 Å². The molecule has 0 fully saturated rings. The number of Topliss-reactive ketones (excluding diaryl/α,β-unsaturated/α-hetero) is 1. The van der Waals surface area contributed by atoms with Gasteiger partial charge in [-0.15, -0.1) is 12.4 Å². The summed E-state index contributed by atoms with van der Waals surface area (Å²) >= 11 is 0. The number of hydrogen-bond donors (Lipinski definition) is 2. The Morgan fingerprint density at radius 3 is 2.85 bits per heavy atom. The first-order valence-corrected chi connectivity index (χ1v) is 8.71. The van der Waals surface area contributed by atoms with Crippen molar-refractivity contribution >= 4 is 18.2 Å². The van der Waals surface area contributed by atoms with Gasteiger partial charge in [0, 0.05) is 26.2 Å². The molecule has 0 saturated carbocycles. The van der Waals surface area contributed by atoms with Gasteiger partial charge in [-0.1, -0.05) is 19.1 Å². The molecule has 0 radical (unpaired) electrons. The third kappa shape index (κ3) is 7.15. The minimum atomic E-state index is -0.606. The van der Waals surface area contributed by atoms with E-state index >= 15 is 0 Å². The van der Waals surface area contributed by atoms with Gasteiger partial charge in [-0.2, -0.15) is 5.10 Å². The van der Waals surface area contributed by atoms with E-state index in [1.807, 2.05) is 25.4 Å². The number of aliphatic hydroxyl groups excluding tert-OH is 1. The van der Waals surface area contributed by atoms with Crippen LogP contribution < -0.4 is 10.1 Å². The average Bonchev–Trinajstić information content (AvgIpc) is 3.04. The summed E-state index contributed by atoms with van der Waals surface area (Å²) in [7, 11) is 1.86. The molecular formula is C19H28ClN3O3. The minimum Gasteiger partial charge on any atom is -0.490 e. The summed E-state index contributed by atoms with van der Waals surface area (Å²) in [5, 5.41) is 17.2. The molecule has 1 aromatic heterocycles. The summed E-state index contributed by atoms with van der Waals surface area (Å²) in [5.74, 6) is 0.547. The summed E-state index contributed by atoms with van der Waals surface area (Å²) in [6.45, 7) is 3.57. The molecule has 0 bridgehead atoms. The van der Waals surface area contributed by atoms with Crippen LogP contribution in [0.3, 0.4) is 0 Å². The van der Waals surface area contributed by atoms with E-state index in [2.05, 4.69) is 17.3 Å². The maximum Gasteiger partial charge on any atom is 0.166 e. The number of ketones is 1. The molecule has 0 amide bonds. The number of aromatic nitrogens is 2. The van der Waals surface area contributed by atoms with Gasteiger partial charge in [0.05, 0.1) is 11.8 Å². The summed E-state index contributed by atoms with van der Waals surface area (Å²) in [4.78, 5) is 12.5. The largest absolute Gasteiger partial charge is 0.490 e. The molecule has 6 nitrogen and oxygen atoms in total. The molecule has 0 aliphatic rings. The number of nitrogens with zero attached hydrogens (tertiary/aromatic N) is 2. The predicted molar refractivity (Wildman–Crippen MR) is 104 cm³/mol. The van der Waals surface area contributed by atoms with Crippen LogP contribution in [-0.2, 0) is 13.5 Å². The third-order valence-corrected chi connectivity index (χ3v) is 3.82. The highest BCUT2D eigenvalue weighted by atomic mass is 35.5. The highest BCUT2D eigenvalue weighted by molar-refractivity contribution is 5.98. The fraction of sp³-hybridized carbons (Fsp3) is 0.474. The second kappa shape index (κ2) is 11.7. The fourth-order valence-corrected chi connectivity index (χ4v) is 2.51. The van der Waals surface area contributed by atoms with E-state index in [0.29, 0.717) is 30.7 Å². The van der Waals surface area contributed by atoms with Crippen molar-refractivity contribution in [2.75, 3.05) is 19.7 Å². The van der Waals surface area contributed by atoms with Crippen molar-refractivity contribution in [3.8, 4) is 5.75 Å². The van der Waals surface area contributed by atoms with E-state index in [1.165, 1.54) is 0 Å². The molecular weight excluding hydrogens is 354 g/mol. The quantitative estimate of drug-likeness (QED) is 0.461. The van der Waals surface area contributed by atoms with Crippen LogP contribution in [0.25, 0.3) is 0 Å². The molecule has 2 aromatic rings. The third-order valence-electron chi connectivity index (χ3n) is 3.82. The van der Waals surface area contributed by atoms with Crippen molar-refractivity contribution in [1.29, 1.82) is 0 Å². The Bertz CT molecular complexity index is 676. The predicted octanol–water partition coefficient (Wildman–Crippen LogP) is 2.40. The Morgan fingerprint density at radius 1 is 1.38 bits per heavy atom. The van der Waals surface area contributed by atoms with Gasteiger partial charge in [-0.25, -0.2) is 0 Å². The first-order valence-electron chi connectivity index (χ1n) is 8.71. The number of aryl methyl sites for hydroxylation is 2. The second-order valence-corrected chi connectivity index (χ2v) is 6.11. The first-order chi connectivity index (χ1) is 12.1. The number of aliphatic hydroxyl groups is 1. The van der Waals surface area contributed by atoms with Crippen molar-refractivity contribution in [1.82, 2.24) is 15.1 Å². The van der Waals surface area contributed by atoms with Crippen molar-refractivity contribution < 1.29 is 14.6 Å². The van der Waals surface area contributed by atoms with Gasteiger partial charge < -0.3 is 15.2 Å². The van der Waals surface area contributed by atoms with Gasteiger partial charge >= 0.3 is 0 Å². The Labute approximate surface area is 161 Å². The van der Waals surface area contributed by atoms with E-state index < -0.39 is 6.10 Å². The van der Waals surface area contributed by atoms with Crippen LogP contribution in [0.15, 0.2) is 36.7 Å². The Hall–Kier alpha value is -1.89. The maximum atomic E-state index is 12.5. The van der Waals surface area contributed by atoms with Gasteiger partial charge in [-0.05, 0) is 37.1 Å². The van der Waals surface area contributed by atoms with E-state index in [4.69, 9.17) is 4.74 Å². The number of benzene rings is 1. The lowest BCUT2D eigenvalue weighted by atomic mass is 10.0. The van der Waals surface area contributed by atoms with Crippen LogP contribution in [-0.4, -0.2) is 46.5 Å². The average molecular weight is 382 g/mol. The maximum absolute atomic E-state index is 12.5. The monoisotopic (exact) mass is 381 g/mol. The zero-order valence-electron chi connectivity index (χ0n) is 15.4. The van der Waals surface area contributed by atoms with Crippen LogP contribution in [0.5, 0.6) is 5.75 Å². The molecule has 2 rings (SSSR count). The Morgan fingerprint density at radius 2 is 2.15 bits per heavy atom. The molecule has 0 spiro atoms. The van der Waals surface area contributed by atoms with Crippen molar-refractivity contribution in [3.63, 3.8) is 0 Å². The molecule has 1 unspecified atom stereocenters. The molecule has 1 heterocycles. The normalized spacial score (nSPS) is 11.7. The molecule has 1 atom stereocenters. The van der Waals surface area contributed by atoms with Gasteiger partial charge in [0.1, 0.15) is 18.5 Å². The number of halogens is 1. The number of para-hydroxylation sites is 1. The zero-order chi connectivity index (χ0) is 18.1. The van der Waals surface area contributed by atoms with Crippen LogP contribution in [0.4, 0.5) is 0 Å². The highest BCUT2D eigenvalue weighted by Gasteiger charge is 2.14.